The average molecular weight is 264 g/mol. The molecule has 0 radical (unpaired) electrons. The van der Waals surface area contributed by atoms with Gasteiger partial charge in [-0.15, -0.1) is 0 Å². The van der Waals surface area contributed by atoms with E-state index in [0.717, 1.165) is 17.2 Å². The quantitative estimate of drug-likeness (QED) is 0.874. The second kappa shape index (κ2) is 5.06. The molecule has 4 heteroatoms. The Labute approximate surface area is 116 Å². The minimum atomic E-state index is 0.324. The molecule has 1 aromatic heterocycles. The SMILES string of the molecule is Cc1nn(C(C)C)c(NC2CCCCC2(C)C)c1N. The van der Waals surface area contributed by atoms with E-state index in [4.69, 9.17) is 5.73 Å². The first kappa shape index (κ1) is 14.2. The van der Waals surface area contributed by atoms with Gasteiger partial charge < -0.3 is 11.1 Å². The summed E-state index contributed by atoms with van der Waals surface area (Å²) in [6.07, 6.45) is 5.13. The Morgan fingerprint density at radius 2 is 2.05 bits per heavy atom. The zero-order chi connectivity index (χ0) is 14.2. The van der Waals surface area contributed by atoms with Crippen LogP contribution in [0.25, 0.3) is 0 Å². The number of nitrogens with one attached hydrogen (secondary N) is 1. The standard InChI is InChI=1S/C15H28N4/c1-10(2)19-14(13(16)11(3)18-19)17-12-8-6-7-9-15(12,4)5/h10,12,17H,6-9,16H2,1-5H3. The molecule has 2 rings (SSSR count). The number of hydrogen-bond acceptors (Lipinski definition) is 3. The number of nitrogens with zero attached hydrogens (tertiary/aromatic N) is 2. The molecule has 1 aromatic rings. The summed E-state index contributed by atoms with van der Waals surface area (Å²) in [5.74, 6) is 1.01. The number of aryl methyl sites for hydroxylation is 1. The van der Waals surface area contributed by atoms with Gasteiger partial charge in [-0.2, -0.15) is 5.10 Å². The van der Waals surface area contributed by atoms with Gasteiger partial charge in [-0.3, -0.25) is 0 Å². The van der Waals surface area contributed by atoms with E-state index in [9.17, 15) is 0 Å². The summed E-state index contributed by atoms with van der Waals surface area (Å²) in [4.78, 5) is 0. The molecular weight excluding hydrogens is 236 g/mol. The van der Waals surface area contributed by atoms with Crippen molar-refractivity contribution >= 4 is 11.5 Å². The van der Waals surface area contributed by atoms with Gasteiger partial charge in [0.05, 0.1) is 11.4 Å². The molecule has 1 aliphatic rings. The van der Waals surface area contributed by atoms with Crippen LogP contribution in [0.5, 0.6) is 0 Å². The number of nitrogens with two attached hydrogens (primary N) is 1. The minimum absolute atomic E-state index is 0.324. The molecule has 1 aliphatic carbocycles. The summed E-state index contributed by atoms with van der Waals surface area (Å²) in [6, 6.07) is 0.808. The minimum Gasteiger partial charge on any atom is -0.394 e. The van der Waals surface area contributed by atoms with Crippen LogP contribution in [0.4, 0.5) is 11.5 Å². The Morgan fingerprint density at radius 1 is 1.37 bits per heavy atom. The van der Waals surface area contributed by atoms with Crippen molar-refractivity contribution in [2.45, 2.75) is 72.4 Å². The number of aromatic nitrogens is 2. The average Bonchev–Trinajstić information content (AvgIpc) is 2.60. The van der Waals surface area contributed by atoms with Crippen molar-refractivity contribution < 1.29 is 0 Å². The second-order valence-electron chi connectivity index (χ2n) is 6.82. The van der Waals surface area contributed by atoms with Crippen molar-refractivity contribution in [1.29, 1.82) is 0 Å². The third kappa shape index (κ3) is 2.72. The number of anilines is 2. The Hall–Kier alpha value is -1.19. The first-order valence-electron chi connectivity index (χ1n) is 7.44. The molecule has 0 saturated heterocycles. The van der Waals surface area contributed by atoms with Crippen molar-refractivity contribution in [2.75, 3.05) is 11.1 Å². The summed E-state index contributed by atoms with van der Waals surface area (Å²) in [6.45, 7) is 11.0. The molecule has 1 fully saturated rings. The summed E-state index contributed by atoms with van der Waals surface area (Å²) >= 11 is 0. The van der Waals surface area contributed by atoms with Crippen LogP contribution in [0.3, 0.4) is 0 Å². The van der Waals surface area contributed by atoms with Crippen LogP contribution in [0.15, 0.2) is 0 Å². The van der Waals surface area contributed by atoms with Crippen LogP contribution in [-0.2, 0) is 0 Å². The van der Waals surface area contributed by atoms with Gasteiger partial charge in [0.2, 0.25) is 0 Å². The molecule has 0 aromatic carbocycles. The zero-order valence-corrected chi connectivity index (χ0v) is 13.0. The van der Waals surface area contributed by atoms with E-state index in [1.165, 1.54) is 25.7 Å². The Morgan fingerprint density at radius 3 is 2.63 bits per heavy atom. The van der Waals surface area contributed by atoms with Crippen LogP contribution in [0.2, 0.25) is 0 Å². The largest absolute Gasteiger partial charge is 0.394 e. The topological polar surface area (TPSA) is 55.9 Å². The lowest BCUT2D eigenvalue weighted by molar-refractivity contribution is 0.216. The van der Waals surface area contributed by atoms with E-state index < -0.39 is 0 Å². The lowest BCUT2D eigenvalue weighted by atomic mass is 9.73. The van der Waals surface area contributed by atoms with Crippen LogP contribution >= 0.6 is 0 Å². The molecule has 0 amide bonds. The maximum Gasteiger partial charge on any atom is 0.148 e. The monoisotopic (exact) mass is 264 g/mol. The normalized spacial score (nSPS) is 22.7. The third-order valence-corrected chi connectivity index (χ3v) is 4.44. The molecule has 0 bridgehead atoms. The molecule has 108 valence electrons. The van der Waals surface area contributed by atoms with Gasteiger partial charge >= 0.3 is 0 Å². The van der Waals surface area contributed by atoms with Crippen LogP contribution in [0.1, 0.15) is 65.1 Å². The number of nitrogen functional groups attached to an aromatic ring is 1. The van der Waals surface area contributed by atoms with Crippen molar-refractivity contribution in [3.05, 3.63) is 5.69 Å². The summed E-state index contributed by atoms with van der Waals surface area (Å²) < 4.78 is 2.02. The fourth-order valence-corrected chi connectivity index (χ4v) is 3.00. The first-order valence-corrected chi connectivity index (χ1v) is 7.44. The van der Waals surface area contributed by atoms with E-state index in [-0.39, 0.29) is 0 Å². The first-order chi connectivity index (χ1) is 8.83. The molecule has 1 saturated carbocycles. The molecule has 1 unspecified atom stereocenters. The van der Waals surface area contributed by atoms with E-state index in [2.05, 4.69) is 38.1 Å². The smallest absolute Gasteiger partial charge is 0.148 e. The molecular formula is C15H28N4. The highest BCUT2D eigenvalue weighted by molar-refractivity contribution is 5.65. The van der Waals surface area contributed by atoms with Gasteiger partial charge in [-0.1, -0.05) is 26.7 Å². The highest BCUT2D eigenvalue weighted by Gasteiger charge is 2.33. The van der Waals surface area contributed by atoms with Crippen LogP contribution < -0.4 is 11.1 Å². The van der Waals surface area contributed by atoms with Crippen molar-refractivity contribution in [3.63, 3.8) is 0 Å². The highest BCUT2D eigenvalue weighted by atomic mass is 15.4. The Bertz CT molecular complexity index is 445. The molecule has 0 spiro atoms. The van der Waals surface area contributed by atoms with Gasteiger partial charge in [0.1, 0.15) is 5.82 Å². The van der Waals surface area contributed by atoms with Gasteiger partial charge in [-0.05, 0) is 39.0 Å². The fraction of sp³-hybridized carbons (Fsp3) is 0.800. The molecule has 1 atom stereocenters. The predicted octanol–water partition coefficient (Wildman–Crippen LogP) is 3.74. The third-order valence-electron chi connectivity index (χ3n) is 4.44. The fourth-order valence-electron chi connectivity index (χ4n) is 3.00. The van der Waals surface area contributed by atoms with Crippen LogP contribution in [-0.4, -0.2) is 15.8 Å². The Kier molecular flexibility index (Phi) is 3.79. The molecule has 3 N–H and O–H groups in total. The van der Waals surface area contributed by atoms with Gasteiger partial charge in [0.25, 0.3) is 0 Å². The van der Waals surface area contributed by atoms with E-state index in [1.54, 1.807) is 0 Å². The van der Waals surface area contributed by atoms with Gasteiger partial charge in [0, 0.05) is 12.1 Å². The molecule has 1 heterocycles. The van der Waals surface area contributed by atoms with Gasteiger partial charge in [-0.25, -0.2) is 4.68 Å². The molecule has 0 aliphatic heterocycles. The Balaban J connectivity index is 2.27. The predicted molar refractivity (Wildman–Crippen MR) is 81.4 cm³/mol. The van der Waals surface area contributed by atoms with E-state index in [0.29, 0.717) is 17.5 Å². The van der Waals surface area contributed by atoms with Crippen molar-refractivity contribution in [3.8, 4) is 0 Å². The van der Waals surface area contributed by atoms with E-state index >= 15 is 0 Å². The second-order valence-corrected chi connectivity index (χ2v) is 6.82. The number of hydrogen-bond donors (Lipinski definition) is 2. The molecule has 19 heavy (non-hydrogen) atoms. The maximum atomic E-state index is 6.20. The maximum absolute atomic E-state index is 6.20. The van der Waals surface area contributed by atoms with Gasteiger partial charge in [0.15, 0.2) is 0 Å². The van der Waals surface area contributed by atoms with Crippen molar-refractivity contribution in [1.82, 2.24) is 9.78 Å². The zero-order valence-electron chi connectivity index (χ0n) is 13.0. The molecule has 4 nitrogen and oxygen atoms in total. The van der Waals surface area contributed by atoms with Crippen molar-refractivity contribution in [2.24, 2.45) is 5.41 Å². The lowest BCUT2D eigenvalue weighted by Gasteiger charge is -2.39. The van der Waals surface area contributed by atoms with Crippen LogP contribution in [0, 0.1) is 12.3 Å². The highest BCUT2D eigenvalue weighted by Crippen LogP contribution is 2.38. The lowest BCUT2D eigenvalue weighted by Crippen LogP contribution is -2.39. The summed E-state index contributed by atoms with van der Waals surface area (Å²) in [5.41, 5.74) is 8.25. The summed E-state index contributed by atoms with van der Waals surface area (Å²) in [7, 11) is 0. The summed E-state index contributed by atoms with van der Waals surface area (Å²) in [5, 5.41) is 8.24. The number of rotatable bonds is 3. The van der Waals surface area contributed by atoms with E-state index in [1.807, 2.05) is 11.6 Å².